The van der Waals surface area contributed by atoms with E-state index in [1.54, 1.807) is 6.07 Å². The van der Waals surface area contributed by atoms with Crippen molar-refractivity contribution in [3.05, 3.63) is 33.9 Å². The van der Waals surface area contributed by atoms with Gasteiger partial charge in [-0.25, -0.2) is 0 Å². The van der Waals surface area contributed by atoms with Crippen molar-refractivity contribution < 1.29 is 25.3 Å². The zero-order valence-corrected chi connectivity index (χ0v) is 18.4. The quantitative estimate of drug-likeness (QED) is 0.177. The Bertz CT molecular complexity index is 704. The van der Waals surface area contributed by atoms with E-state index < -0.39 is 24.4 Å². The SMILES string of the molecule is CN(C)Cc1ccc([N+](=O)[O-])c(NCCCCCCN2C[C@H](O)[C@@H](O)[C@H](O)[C@H]2CO)c1. The summed E-state index contributed by atoms with van der Waals surface area (Å²) in [5.74, 6) is 0. The first-order valence-electron chi connectivity index (χ1n) is 10.8. The molecule has 0 radical (unpaired) electrons. The number of likely N-dealkylation sites (tertiary alicyclic amines) is 1. The predicted octanol–water partition coefficient (Wildman–Crippen LogP) is 0.388. The first-order chi connectivity index (χ1) is 14.7. The molecule has 10 nitrogen and oxygen atoms in total. The lowest BCUT2D eigenvalue weighted by Crippen LogP contribution is -2.62. The monoisotopic (exact) mass is 440 g/mol. The molecule has 0 bridgehead atoms. The Kier molecular flexibility index (Phi) is 10.1. The van der Waals surface area contributed by atoms with Crippen molar-refractivity contribution in [1.82, 2.24) is 9.80 Å². The number of anilines is 1. The van der Waals surface area contributed by atoms with Gasteiger partial charge in [0, 0.05) is 25.7 Å². The number of unbranched alkanes of at least 4 members (excludes halogenated alkanes) is 3. The molecule has 10 heteroatoms. The van der Waals surface area contributed by atoms with Gasteiger partial charge < -0.3 is 30.6 Å². The number of nitro benzene ring substituents is 1. The van der Waals surface area contributed by atoms with E-state index in [4.69, 9.17) is 0 Å². The van der Waals surface area contributed by atoms with Gasteiger partial charge in [-0.15, -0.1) is 0 Å². The van der Waals surface area contributed by atoms with Crippen LogP contribution in [0.3, 0.4) is 0 Å². The summed E-state index contributed by atoms with van der Waals surface area (Å²) in [6, 6.07) is 4.57. The van der Waals surface area contributed by atoms with Crippen LogP contribution in [0, 0.1) is 10.1 Å². The minimum absolute atomic E-state index is 0.0713. The first-order valence-corrected chi connectivity index (χ1v) is 10.8. The Morgan fingerprint density at radius 3 is 2.52 bits per heavy atom. The van der Waals surface area contributed by atoms with Gasteiger partial charge in [-0.1, -0.05) is 18.9 Å². The second kappa shape index (κ2) is 12.3. The van der Waals surface area contributed by atoms with Crippen LogP contribution >= 0.6 is 0 Å². The lowest BCUT2D eigenvalue weighted by atomic mass is 9.94. The number of aliphatic hydroxyl groups is 4. The van der Waals surface area contributed by atoms with Crippen LogP contribution in [0.25, 0.3) is 0 Å². The highest BCUT2D eigenvalue weighted by Crippen LogP contribution is 2.26. The molecule has 1 aliphatic heterocycles. The van der Waals surface area contributed by atoms with E-state index in [2.05, 4.69) is 5.32 Å². The van der Waals surface area contributed by atoms with Crippen molar-refractivity contribution in [2.75, 3.05) is 45.7 Å². The number of hydrogen-bond donors (Lipinski definition) is 5. The van der Waals surface area contributed by atoms with Gasteiger partial charge in [-0.3, -0.25) is 15.0 Å². The number of hydrogen-bond acceptors (Lipinski definition) is 9. The fourth-order valence-corrected chi connectivity index (χ4v) is 4.00. The maximum atomic E-state index is 11.3. The number of nitrogens with one attached hydrogen (secondary N) is 1. The maximum Gasteiger partial charge on any atom is 0.292 e. The third kappa shape index (κ3) is 7.37. The molecule has 1 fully saturated rings. The Morgan fingerprint density at radius 2 is 1.87 bits per heavy atom. The molecule has 1 aromatic rings. The molecule has 0 amide bonds. The molecular weight excluding hydrogens is 404 g/mol. The van der Waals surface area contributed by atoms with Crippen LogP contribution < -0.4 is 5.32 Å². The van der Waals surface area contributed by atoms with E-state index in [0.29, 0.717) is 25.3 Å². The van der Waals surface area contributed by atoms with Gasteiger partial charge in [0.05, 0.1) is 23.7 Å². The van der Waals surface area contributed by atoms with Gasteiger partial charge in [0.2, 0.25) is 0 Å². The van der Waals surface area contributed by atoms with Crippen LogP contribution in [0.1, 0.15) is 31.2 Å². The molecule has 1 aromatic carbocycles. The van der Waals surface area contributed by atoms with Crippen molar-refractivity contribution >= 4 is 11.4 Å². The van der Waals surface area contributed by atoms with Crippen LogP contribution in [0.5, 0.6) is 0 Å². The van der Waals surface area contributed by atoms with E-state index in [1.807, 2.05) is 30.0 Å². The van der Waals surface area contributed by atoms with Crippen LogP contribution in [0.15, 0.2) is 18.2 Å². The van der Waals surface area contributed by atoms with E-state index >= 15 is 0 Å². The van der Waals surface area contributed by atoms with E-state index in [0.717, 1.165) is 31.2 Å². The second-order valence-electron chi connectivity index (χ2n) is 8.48. The van der Waals surface area contributed by atoms with Crippen molar-refractivity contribution in [2.45, 2.75) is 56.6 Å². The molecule has 0 spiro atoms. The molecule has 176 valence electrons. The summed E-state index contributed by atoms with van der Waals surface area (Å²) in [4.78, 5) is 14.7. The Hall–Kier alpha value is -1.82. The van der Waals surface area contributed by atoms with E-state index in [-0.39, 0.29) is 23.8 Å². The first kappa shape index (κ1) is 25.4. The van der Waals surface area contributed by atoms with Crippen molar-refractivity contribution in [1.29, 1.82) is 0 Å². The summed E-state index contributed by atoms with van der Waals surface area (Å²) in [5.41, 5.74) is 1.61. The molecule has 5 N–H and O–H groups in total. The second-order valence-corrected chi connectivity index (χ2v) is 8.48. The Morgan fingerprint density at radius 1 is 1.16 bits per heavy atom. The van der Waals surface area contributed by atoms with E-state index in [9.17, 15) is 30.5 Å². The van der Waals surface area contributed by atoms with Crippen molar-refractivity contribution in [3.63, 3.8) is 0 Å². The third-order valence-corrected chi connectivity index (χ3v) is 5.66. The molecule has 2 rings (SSSR count). The Labute approximate surface area is 183 Å². The topological polar surface area (TPSA) is 143 Å². The molecule has 0 aliphatic carbocycles. The minimum Gasteiger partial charge on any atom is -0.395 e. The number of rotatable bonds is 12. The highest BCUT2D eigenvalue weighted by molar-refractivity contribution is 5.62. The van der Waals surface area contributed by atoms with E-state index in [1.165, 1.54) is 6.07 Å². The average Bonchev–Trinajstić information content (AvgIpc) is 2.71. The molecular formula is C21H36N4O6. The van der Waals surface area contributed by atoms with Crippen molar-refractivity contribution in [2.24, 2.45) is 0 Å². The molecule has 0 saturated carbocycles. The molecule has 1 heterocycles. The van der Waals surface area contributed by atoms with Gasteiger partial charge in [0.25, 0.3) is 5.69 Å². The lowest BCUT2D eigenvalue weighted by Gasteiger charge is -2.43. The van der Waals surface area contributed by atoms with Crippen LogP contribution in [0.4, 0.5) is 11.4 Å². The molecule has 4 atom stereocenters. The van der Waals surface area contributed by atoms with Gasteiger partial charge in [0.1, 0.15) is 17.9 Å². The summed E-state index contributed by atoms with van der Waals surface area (Å²) >= 11 is 0. The fourth-order valence-electron chi connectivity index (χ4n) is 4.00. The zero-order valence-electron chi connectivity index (χ0n) is 18.4. The Balaban J connectivity index is 1.74. The highest BCUT2D eigenvalue weighted by Gasteiger charge is 2.40. The summed E-state index contributed by atoms with van der Waals surface area (Å²) in [5, 5.41) is 53.6. The molecule has 1 aliphatic rings. The van der Waals surface area contributed by atoms with Gasteiger partial charge in [0.15, 0.2) is 0 Å². The highest BCUT2D eigenvalue weighted by atomic mass is 16.6. The summed E-state index contributed by atoms with van der Waals surface area (Å²) < 4.78 is 0. The van der Waals surface area contributed by atoms with Gasteiger partial charge in [-0.2, -0.15) is 0 Å². The minimum atomic E-state index is -1.24. The van der Waals surface area contributed by atoms with Crippen LogP contribution in [0.2, 0.25) is 0 Å². The van der Waals surface area contributed by atoms with Crippen LogP contribution in [-0.2, 0) is 6.54 Å². The average molecular weight is 441 g/mol. The smallest absolute Gasteiger partial charge is 0.292 e. The number of nitrogens with zero attached hydrogens (tertiary/aromatic N) is 3. The maximum absolute atomic E-state index is 11.3. The van der Waals surface area contributed by atoms with Gasteiger partial charge >= 0.3 is 0 Å². The molecule has 1 saturated heterocycles. The lowest BCUT2D eigenvalue weighted by molar-refractivity contribution is -0.384. The number of β-amino-alcohol motifs (C(OH)–C–C–N with tert-alkyl or cyclic N) is 1. The zero-order chi connectivity index (χ0) is 23.0. The summed E-state index contributed by atoms with van der Waals surface area (Å²) in [6.07, 6.45) is 0.0717. The fraction of sp³-hybridized carbons (Fsp3) is 0.714. The number of aliphatic hydroxyl groups excluding tert-OH is 4. The summed E-state index contributed by atoms with van der Waals surface area (Å²) in [6.45, 7) is 1.88. The molecule has 0 aromatic heterocycles. The van der Waals surface area contributed by atoms with Gasteiger partial charge in [-0.05, 0) is 45.1 Å². The normalized spacial score (nSPS) is 24.5. The van der Waals surface area contributed by atoms with Crippen molar-refractivity contribution in [3.8, 4) is 0 Å². The number of piperidine rings is 1. The molecule has 0 unspecified atom stereocenters. The number of benzene rings is 1. The summed E-state index contributed by atoms with van der Waals surface area (Å²) in [7, 11) is 3.90. The molecule has 31 heavy (non-hydrogen) atoms. The standard InChI is InChI=1S/C21H36N4O6/c1-23(2)12-15-7-8-17(25(30)31)16(11-15)22-9-5-3-4-6-10-24-13-19(27)21(29)20(28)18(24)14-26/h7-8,11,18-22,26-29H,3-6,9-10,12-14H2,1-2H3/t18-,19+,20-,21-/m1/s1. The third-order valence-electron chi connectivity index (χ3n) is 5.66. The van der Waals surface area contributed by atoms with Crippen LogP contribution in [-0.4, -0.2) is 99.8 Å². The number of nitro groups is 1. The largest absolute Gasteiger partial charge is 0.395 e. The predicted molar refractivity (Wildman–Crippen MR) is 118 cm³/mol.